The van der Waals surface area contributed by atoms with E-state index in [4.69, 9.17) is 20.6 Å². The van der Waals surface area contributed by atoms with E-state index in [-0.39, 0.29) is 11.1 Å². The molecule has 178 valence electrons. The molecule has 0 radical (unpaired) electrons. The van der Waals surface area contributed by atoms with Crippen molar-refractivity contribution < 1.29 is 40.1 Å². The van der Waals surface area contributed by atoms with Crippen LogP contribution in [0.1, 0.15) is 52.4 Å². The van der Waals surface area contributed by atoms with Gasteiger partial charge in [-0.1, -0.05) is 31.0 Å². The number of carbonyl (C=O) groups is 2. The maximum Gasteiger partial charge on any atom is 0.330 e. The van der Waals surface area contributed by atoms with E-state index in [0.717, 1.165) is 38.9 Å². The fourth-order valence-electron chi connectivity index (χ4n) is 1.62. The fourth-order valence-corrected chi connectivity index (χ4v) is 1.62. The molecule has 0 bridgehead atoms. The van der Waals surface area contributed by atoms with Gasteiger partial charge in [-0.2, -0.15) is 0 Å². The van der Waals surface area contributed by atoms with Crippen LogP contribution in [0.2, 0.25) is 0 Å². The van der Waals surface area contributed by atoms with Crippen LogP contribution in [-0.2, 0) is 19.5 Å². The van der Waals surface area contributed by atoms with Gasteiger partial charge >= 0.3 is 11.9 Å². The van der Waals surface area contributed by atoms with Crippen LogP contribution in [0.25, 0.3) is 0 Å². The summed E-state index contributed by atoms with van der Waals surface area (Å²) in [6.07, 6.45) is 6.78. The number of hydrogen-bond donors (Lipinski definition) is 6. The highest BCUT2D eigenvalue weighted by Crippen LogP contribution is 1.97. The third kappa shape index (κ3) is 37.0. The highest BCUT2D eigenvalue weighted by Gasteiger charge is 1.93. The minimum absolute atomic E-state index is 0.176. The molecule has 0 fully saturated rings. The van der Waals surface area contributed by atoms with Gasteiger partial charge in [0.2, 0.25) is 0 Å². The highest BCUT2D eigenvalue weighted by molar-refractivity contribution is 5.85. The zero-order chi connectivity index (χ0) is 23.6. The Balaban J connectivity index is -0.000000495. The van der Waals surface area contributed by atoms with Gasteiger partial charge in [0.15, 0.2) is 0 Å². The van der Waals surface area contributed by atoms with Gasteiger partial charge in [-0.3, -0.25) is 0 Å². The second-order valence-corrected chi connectivity index (χ2v) is 6.41. The van der Waals surface area contributed by atoms with Crippen LogP contribution in [0.5, 0.6) is 0 Å². The van der Waals surface area contributed by atoms with E-state index in [9.17, 15) is 9.59 Å². The molecule has 0 saturated heterocycles. The number of rotatable bonds is 17. The van der Waals surface area contributed by atoms with Crippen molar-refractivity contribution in [2.75, 3.05) is 39.4 Å². The zero-order valence-corrected chi connectivity index (χ0v) is 18.3. The molecule has 0 aliphatic heterocycles. The van der Waals surface area contributed by atoms with Gasteiger partial charge in [-0.25, -0.2) is 19.7 Å². The molecule has 0 saturated carbocycles. The predicted octanol–water partition coefficient (Wildman–Crippen LogP) is 2.21. The van der Waals surface area contributed by atoms with Crippen molar-refractivity contribution in [2.45, 2.75) is 52.4 Å². The molecular formula is C20H40N2O8. The first-order valence-electron chi connectivity index (χ1n) is 9.93. The van der Waals surface area contributed by atoms with Gasteiger partial charge in [0.1, 0.15) is 0 Å². The van der Waals surface area contributed by atoms with Gasteiger partial charge in [0.05, 0.1) is 6.61 Å². The molecule has 10 nitrogen and oxygen atoms in total. The summed E-state index contributed by atoms with van der Waals surface area (Å²) in [6, 6.07) is 0. The number of hydrogen-bond acceptors (Lipinski definition) is 8. The Morgan fingerprint density at radius 3 is 1.47 bits per heavy atom. The molecule has 0 heterocycles. The molecule has 0 aromatic carbocycles. The van der Waals surface area contributed by atoms with Gasteiger partial charge < -0.3 is 26.0 Å². The number of aliphatic hydroxyl groups excluding tert-OH is 1. The summed E-state index contributed by atoms with van der Waals surface area (Å²) in [7, 11) is 0. The molecule has 0 aromatic rings. The van der Waals surface area contributed by atoms with Crippen LogP contribution < -0.4 is 10.6 Å². The van der Waals surface area contributed by atoms with E-state index < -0.39 is 11.9 Å². The molecule has 0 aliphatic carbocycles. The normalized spacial score (nSPS) is 9.60. The molecule has 0 aliphatic rings. The highest BCUT2D eigenvalue weighted by atomic mass is 17.5. The summed E-state index contributed by atoms with van der Waals surface area (Å²) in [6.45, 7) is 13.6. The van der Waals surface area contributed by atoms with E-state index in [1.165, 1.54) is 33.1 Å². The van der Waals surface area contributed by atoms with Crippen LogP contribution in [-0.4, -0.2) is 71.9 Å². The molecule has 0 aromatic heterocycles. The topological polar surface area (TPSA) is 158 Å². The Hall–Kier alpha value is -1.82. The maximum absolute atomic E-state index is 9.60. The molecule has 10 heteroatoms. The average Bonchev–Trinajstić information content (AvgIpc) is 2.69. The van der Waals surface area contributed by atoms with Crippen molar-refractivity contribution in [3.8, 4) is 0 Å². The monoisotopic (exact) mass is 436 g/mol. The lowest BCUT2D eigenvalue weighted by atomic mass is 10.2. The fraction of sp³-hybridized carbons (Fsp3) is 0.700. The molecule has 0 rings (SSSR count). The van der Waals surface area contributed by atoms with Crippen LogP contribution in [0.4, 0.5) is 0 Å². The van der Waals surface area contributed by atoms with Crippen molar-refractivity contribution in [1.29, 1.82) is 0 Å². The molecule has 0 atom stereocenters. The smallest absolute Gasteiger partial charge is 0.330 e. The third-order valence-corrected chi connectivity index (χ3v) is 3.36. The Morgan fingerprint density at radius 1 is 0.767 bits per heavy atom. The molecule has 0 spiro atoms. The van der Waals surface area contributed by atoms with Gasteiger partial charge in [0.25, 0.3) is 0 Å². The summed E-state index contributed by atoms with van der Waals surface area (Å²) >= 11 is 0. The van der Waals surface area contributed by atoms with Crippen molar-refractivity contribution in [3.63, 3.8) is 0 Å². The average molecular weight is 437 g/mol. The van der Waals surface area contributed by atoms with Crippen LogP contribution in [0.15, 0.2) is 24.3 Å². The minimum atomic E-state index is -0.935. The first-order chi connectivity index (χ1) is 14.2. The summed E-state index contributed by atoms with van der Waals surface area (Å²) < 4.78 is 0. The second kappa shape index (κ2) is 27.2. The molecule has 30 heavy (non-hydrogen) atoms. The van der Waals surface area contributed by atoms with Crippen molar-refractivity contribution in [3.05, 3.63) is 24.3 Å². The lowest BCUT2D eigenvalue weighted by molar-refractivity contribution is -0.489. The lowest BCUT2D eigenvalue weighted by Gasteiger charge is -2.05. The number of carboxylic acid groups (broad SMARTS) is 2. The second-order valence-electron chi connectivity index (χ2n) is 6.41. The van der Waals surface area contributed by atoms with E-state index in [0.29, 0.717) is 19.8 Å². The number of unbranched alkanes of at least 4 members (excludes halogenated alkanes) is 4. The summed E-state index contributed by atoms with van der Waals surface area (Å²) in [5.41, 5.74) is 0.352. The van der Waals surface area contributed by atoms with Crippen LogP contribution in [0.3, 0.4) is 0 Å². The van der Waals surface area contributed by atoms with Crippen molar-refractivity contribution in [2.24, 2.45) is 0 Å². The predicted molar refractivity (Wildman–Crippen MR) is 115 cm³/mol. The van der Waals surface area contributed by atoms with Crippen molar-refractivity contribution in [1.82, 2.24) is 10.6 Å². The number of carboxylic acids is 2. The lowest BCUT2D eigenvalue weighted by Crippen LogP contribution is -2.21. The van der Waals surface area contributed by atoms with Gasteiger partial charge in [0, 0.05) is 24.3 Å². The Labute approximate surface area is 179 Å². The molecule has 0 amide bonds. The molecule has 6 N–H and O–H groups in total. The molecular weight excluding hydrogens is 396 g/mol. The van der Waals surface area contributed by atoms with E-state index in [1.807, 2.05) is 0 Å². The van der Waals surface area contributed by atoms with E-state index >= 15 is 0 Å². The molecule has 0 unspecified atom stereocenters. The SMILES string of the molecule is C=C(C)C(=O)O.C=C(C)C(=O)O.OCCCCNCCCCCCNCCOOO. The summed E-state index contributed by atoms with van der Waals surface area (Å²) in [5, 5.41) is 42.3. The number of nitrogens with one attached hydrogen (secondary N) is 2. The Kier molecular flexibility index (Phi) is 29.7. The quantitative estimate of drug-likeness (QED) is 0.0864. The Bertz CT molecular complexity index is 381. The van der Waals surface area contributed by atoms with E-state index in [2.05, 4.69) is 33.7 Å². The first-order valence-corrected chi connectivity index (χ1v) is 9.93. The van der Waals surface area contributed by atoms with Crippen LogP contribution >= 0.6 is 0 Å². The number of aliphatic hydroxyl groups is 1. The summed E-state index contributed by atoms with van der Waals surface area (Å²) in [4.78, 5) is 23.5. The van der Waals surface area contributed by atoms with Crippen molar-refractivity contribution >= 4 is 11.9 Å². The van der Waals surface area contributed by atoms with Crippen LogP contribution in [0, 0.1) is 0 Å². The van der Waals surface area contributed by atoms with Gasteiger partial charge in [-0.15, -0.1) is 0 Å². The maximum atomic E-state index is 9.60. The minimum Gasteiger partial charge on any atom is -0.478 e. The summed E-state index contributed by atoms with van der Waals surface area (Å²) in [5.74, 6) is -1.87. The van der Waals surface area contributed by atoms with E-state index in [1.54, 1.807) is 0 Å². The third-order valence-electron chi connectivity index (χ3n) is 3.36. The standard InChI is InChI=1S/C12H28N2O4.2C4H6O2/c15-11-6-5-9-13-7-3-1-2-4-8-14-10-12-17-18-16;2*1-3(2)4(5)6/h13-16H,1-12H2;2*1H2,2H3,(H,5,6). The Morgan fingerprint density at radius 2 is 1.13 bits per heavy atom. The zero-order valence-electron chi connectivity index (χ0n) is 18.3. The first kappa shape index (κ1) is 32.8. The van der Waals surface area contributed by atoms with Gasteiger partial charge in [-0.05, 0) is 59.2 Å². The number of aliphatic carboxylic acids is 2. The largest absolute Gasteiger partial charge is 0.478 e.